The molecule has 0 aliphatic heterocycles. The van der Waals surface area contributed by atoms with Crippen molar-refractivity contribution in [2.75, 3.05) is 13.1 Å². The average molecular weight is 294 g/mol. The van der Waals surface area contributed by atoms with Gasteiger partial charge in [0.05, 0.1) is 0 Å². The van der Waals surface area contributed by atoms with Crippen LogP contribution in [-0.2, 0) is 0 Å². The molecule has 112 valence electrons. The Morgan fingerprint density at radius 3 is 2.20 bits per heavy atom. The van der Waals surface area contributed by atoms with Gasteiger partial charge < -0.3 is 5.32 Å². The fourth-order valence-electron chi connectivity index (χ4n) is 2.15. The van der Waals surface area contributed by atoms with Gasteiger partial charge in [-0.05, 0) is 29.0 Å². The summed E-state index contributed by atoms with van der Waals surface area (Å²) in [5.74, 6) is 0.821. The maximum absolute atomic E-state index is 5.98. The van der Waals surface area contributed by atoms with Crippen molar-refractivity contribution in [3.8, 4) is 0 Å². The molecule has 0 aromatic heterocycles. The van der Waals surface area contributed by atoms with Crippen molar-refractivity contribution < 1.29 is 0 Å². The van der Waals surface area contributed by atoms with Gasteiger partial charge in [0.25, 0.3) is 0 Å². The maximum atomic E-state index is 5.98. The fraction of sp³-hybridized carbons (Fsp3) is 0.556. The summed E-state index contributed by atoms with van der Waals surface area (Å²) in [5, 5.41) is 4.36. The summed E-state index contributed by atoms with van der Waals surface area (Å²) in [5.41, 5.74) is 2.85. The molecule has 0 radical (unpaired) electrons. The van der Waals surface area contributed by atoms with Gasteiger partial charge in [0.1, 0.15) is 0 Å². The van der Waals surface area contributed by atoms with Crippen LogP contribution in [0.1, 0.15) is 46.1 Å². The zero-order valence-electron chi connectivity index (χ0n) is 13.5. The summed E-state index contributed by atoms with van der Waals surface area (Å²) < 4.78 is 0. The molecule has 0 bridgehead atoms. The molecule has 0 spiro atoms. The number of nitrogens with one attached hydrogen (secondary N) is 1. The Bertz CT molecular complexity index is 426. The van der Waals surface area contributed by atoms with Crippen LogP contribution in [0.2, 0.25) is 5.02 Å². The van der Waals surface area contributed by atoms with E-state index in [4.69, 9.17) is 11.6 Å². The van der Waals surface area contributed by atoms with Crippen LogP contribution in [-0.4, -0.2) is 13.1 Å². The van der Waals surface area contributed by atoms with Crippen molar-refractivity contribution in [2.45, 2.75) is 40.5 Å². The molecule has 1 rings (SSSR count). The molecule has 1 atom stereocenters. The van der Waals surface area contributed by atoms with E-state index in [9.17, 15) is 0 Å². The van der Waals surface area contributed by atoms with Crippen molar-refractivity contribution in [1.82, 2.24) is 5.32 Å². The first-order chi connectivity index (χ1) is 9.20. The maximum Gasteiger partial charge on any atom is 0.0406 e. The number of rotatable bonds is 6. The third-order valence-electron chi connectivity index (χ3n) is 3.47. The third-order valence-corrected chi connectivity index (χ3v) is 3.72. The Hall–Kier alpha value is -0.790. The van der Waals surface area contributed by atoms with Crippen molar-refractivity contribution in [3.05, 3.63) is 47.0 Å². The summed E-state index contributed by atoms with van der Waals surface area (Å²) >= 11 is 5.98. The molecule has 1 nitrogen and oxygen atoms in total. The summed E-state index contributed by atoms with van der Waals surface area (Å²) in [7, 11) is 0. The van der Waals surface area contributed by atoms with Gasteiger partial charge in [0, 0.05) is 24.0 Å². The summed E-state index contributed by atoms with van der Waals surface area (Å²) in [6.07, 6.45) is 0. The van der Waals surface area contributed by atoms with Gasteiger partial charge in [-0.2, -0.15) is 0 Å². The second-order valence-electron chi connectivity index (χ2n) is 7.03. The highest BCUT2D eigenvalue weighted by atomic mass is 35.5. The molecule has 0 fully saturated rings. The molecule has 0 heterocycles. The molecular formula is C18H28ClN. The van der Waals surface area contributed by atoms with Crippen LogP contribution in [0, 0.1) is 11.3 Å². The highest BCUT2D eigenvalue weighted by molar-refractivity contribution is 6.30. The van der Waals surface area contributed by atoms with E-state index in [0.717, 1.165) is 18.1 Å². The molecule has 2 heteroatoms. The van der Waals surface area contributed by atoms with Gasteiger partial charge in [0.15, 0.2) is 0 Å². The van der Waals surface area contributed by atoms with Crippen molar-refractivity contribution >= 4 is 11.6 Å². The number of benzene rings is 1. The van der Waals surface area contributed by atoms with E-state index in [2.05, 4.69) is 58.6 Å². The molecule has 0 amide bonds. The highest BCUT2D eigenvalue weighted by Gasteiger charge is 2.18. The van der Waals surface area contributed by atoms with Crippen LogP contribution in [0.5, 0.6) is 0 Å². The van der Waals surface area contributed by atoms with Crippen LogP contribution in [0.25, 0.3) is 0 Å². The predicted octanol–water partition coefficient (Wildman–Crippen LogP) is 5.27. The number of hydrogen-bond acceptors (Lipinski definition) is 1. The lowest BCUT2D eigenvalue weighted by molar-refractivity contribution is 0.375. The van der Waals surface area contributed by atoms with E-state index >= 15 is 0 Å². The molecule has 0 aliphatic carbocycles. The lowest BCUT2D eigenvalue weighted by atomic mass is 9.85. The molecule has 0 aliphatic rings. The Morgan fingerprint density at radius 1 is 1.20 bits per heavy atom. The number of hydrogen-bond donors (Lipinski definition) is 1. The average Bonchev–Trinajstić information content (AvgIpc) is 2.34. The number of halogens is 1. The fourth-order valence-corrected chi connectivity index (χ4v) is 2.28. The first-order valence-corrected chi connectivity index (χ1v) is 7.73. The van der Waals surface area contributed by atoms with E-state index < -0.39 is 0 Å². The van der Waals surface area contributed by atoms with Gasteiger partial charge in [-0.1, -0.05) is 70.5 Å². The molecule has 20 heavy (non-hydrogen) atoms. The second-order valence-corrected chi connectivity index (χ2v) is 7.46. The molecule has 1 aromatic rings. The monoisotopic (exact) mass is 293 g/mol. The third kappa shape index (κ3) is 5.68. The van der Waals surface area contributed by atoms with Crippen molar-refractivity contribution in [2.24, 2.45) is 11.3 Å². The highest BCUT2D eigenvalue weighted by Crippen LogP contribution is 2.29. The smallest absolute Gasteiger partial charge is 0.0406 e. The molecular weight excluding hydrogens is 266 g/mol. The molecule has 0 saturated carbocycles. The summed E-state index contributed by atoms with van der Waals surface area (Å²) in [6.45, 7) is 17.4. The Morgan fingerprint density at radius 2 is 1.75 bits per heavy atom. The lowest BCUT2D eigenvalue weighted by Gasteiger charge is -2.26. The Kier molecular flexibility index (Phi) is 6.29. The van der Waals surface area contributed by atoms with Crippen LogP contribution in [0.4, 0.5) is 0 Å². The minimum Gasteiger partial charge on any atom is -0.315 e. The van der Waals surface area contributed by atoms with Crippen LogP contribution in [0.15, 0.2) is 36.4 Å². The van der Waals surface area contributed by atoms with Gasteiger partial charge in [-0.15, -0.1) is 0 Å². The van der Waals surface area contributed by atoms with Crippen LogP contribution >= 0.6 is 11.6 Å². The van der Waals surface area contributed by atoms with E-state index in [-0.39, 0.29) is 0 Å². The Labute approximate surface area is 129 Å². The first kappa shape index (κ1) is 17.3. The molecule has 1 aromatic carbocycles. The topological polar surface area (TPSA) is 12.0 Å². The van der Waals surface area contributed by atoms with E-state index in [1.54, 1.807) is 0 Å². The molecule has 0 saturated heterocycles. The quantitative estimate of drug-likeness (QED) is 0.704. The normalized spacial score (nSPS) is 13.6. The van der Waals surface area contributed by atoms with Crippen LogP contribution in [0.3, 0.4) is 0 Å². The van der Waals surface area contributed by atoms with Gasteiger partial charge in [0.2, 0.25) is 0 Å². The van der Waals surface area contributed by atoms with E-state index in [0.29, 0.717) is 17.3 Å². The second kappa shape index (κ2) is 7.28. The Balaban J connectivity index is 2.81. The zero-order valence-corrected chi connectivity index (χ0v) is 14.2. The van der Waals surface area contributed by atoms with Crippen LogP contribution < -0.4 is 5.32 Å². The van der Waals surface area contributed by atoms with Gasteiger partial charge in [-0.25, -0.2) is 0 Å². The standard InChI is InChI=1S/C18H28ClN/c1-13(2)14(3)17(11-20-12-18(4,5)6)15-7-9-16(19)10-8-15/h7-10,13,17,20H,3,11-12H2,1-2,4-6H3. The largest absolute Gasteiger partial charge is 0.315 e. The molecule has 1 N–H and O–H groups in total. The zero-order chi connectivity index (χ0) is 15.3. The van der Waals surface area contributed by atoms with Gasteiger partial charge in [-0.3, -0.25) is 0 Å². The molecule has 1 unspecified atom stereocenters. The first-order valence-electron chi connectivity index (χ1n) is 7.35. The van der Waals surface area contributed by atoms with Gasteiger partial charge >= 0.3 is 0 Å². The van der Waals surface area contributed by atoms with E-state index in [1.807, 2.05) is 12.1 Å². The summed E-state index contributed by atoms with van der Waals surface area (Å²) in [6, 6.07) is 8.14. The lowest BCUT2D eigenvalue weighted by Crippen LogP contribution is -2.31. The minimum atomic E-state index is 0.295. The van der Waals surface area contributed by atoms with E-state index in [1.165, 1.54) is 11.1 Å². The SMILES string of the molecule is C=C(C(C)C)C(CNCC(C)(C)C)c1ccc(Cl)cc1. The predicted molar refractivity (Wildman–Crippen MR) is 90.5 cm³/mol. The summed E-state index contributed by atoms with van der Waals surface area (Å²) in [4.78, 5) is 0. The van der Waals surface area contributed by atoms with Crippen molar-refractivity contribution in [1.29, 1.82) is 0 Å². The van der Waals surface area contributed by atoms with Crippen molar-refractivity contribution in [3.63, 3.8) is 0 Å². The minimum absolute atomic E-state index is 0.295.